The summed E-state index contributed by atoms with van der Waals surface area (Å²) in [6.45, 7) is 5.76. The molecule has 4 rings (SSSR count). The first kappa shape index (κ1) is 27.5. The third kappa shape index (κ3) is 7.25. The van der Waals surface area contributed by atoms with Gasteiger partial charge in [-0.3, -0.25) is 14.9 Å². The van der Waals surface area contributed by atoms with Gasteiger partial charge in [0.05, 0.1) is 16.4 Å². The molecule has 0 saturated carbocycles. The van der Waals surface area contributed by atoms with E-state index in [0.717, 1.165) is 79.9 Å². The maximum Gasteiger partial charge on any atom is 0.322 e. The molecular weight excluding hydrogens is 512 g/mol. The molecule has 0 amide bonds. The fourth-order valence-corrected chi connectivity index (χ4v) is 5.51. The normalized spacial score (nSPS) is 15.3. The van der Waals surface area contributed by atoms with Crippen molar-refractivity contribution in [2.24, 2.45) is 0 Å². The van der Waals surface area contributed by atoms with Crippen molar-refractivity contribution in [3.63, 3.8) is 0 Å². The quantitative estimate of drug-likeness (QED) is 0.178. The molecule has 1 aliphatic heterocycles. The fourth-order valence-electron chi connectivity index (χ4n) is 4.32. The van der Waals surface area contributed by atoms with E-state index in [-0.39, 0.29) is 17.0 Å². The first-order valence-electron chi connectivity index (χ1n) is 12.3. The van der Waals surface area contributed by atoms with E-state index in [1.54, 1.807) is 6.07 Å². The molecule has 1 atom stereocenters. The summed E-state index contributed by atoms with van der Waals surface area (Å²) >= 11 is 0. The first-order chi connectivity index (χ1) is 18.2. The Morgan fingerprint density at radius 2 is 1.76 bits per heavy atom. The van der Waals surface area contributed by atoms with Gasteiger partial charge in [0.1, 0.15) is 11.8 Å². The monoisotopic (exact) mass is 542 g/mol. The van der Waals surface area contributed by atoms with Crippen molar-refractivity contribution in [3.8, 4) is 5.75 Å². The summed E-state index contributed by atoms with van der Waals surface area (Å²) in [4.78, 5) is 24.2. The van der Waals surface area contributed by atoms with E-state index in [4.69, 9.17) is 4.74 Å². The summed E-state index contributed by atoms with van der Waals surface area (Å²) in [5, 5.41) is 25.6. The highest BCUT2D eigenvalue weighted by molar-refractivity contribution is 7.89. The Bertz CT molecular complexity index is 1390. The van der Waals surface area contributed by atoms with Crippen LogP contribution < -0.4 is 14.8 Å². The van der Waals surface area contributed by atoms with Crippen molar-refractivity contribution in [1.82, 2.24) is 14.9 Å². The van der Waals surface area contributed by atoms with Gasteiger partial charge in [0.15, 0.2) is 0 Å². The number of nitro benzene ring substituents is 1. The average molecular weight is 543 g/mol. The number of fused-ring (bicyclic) bond motifs is 1. The molecule has 3 aromatic carbocycles. The van der Waals surface area contributed by atoms with Crippen LogP contribution in [0, 0.1) is 10.1 Å². The number of non-ortho nitro benzene ring substituents is 1. The third-order valence-electron chi connectivity index (χ3n) is 6.37. The van der Waals surface area contributed by atoms with Gasteiger partial charge in [-0.2, -0.15) is 4.72 Å². The lowest BCUT2D eigenvalue weighted by molar-refractivity contribution is -0.384. The molecule has 3 aromatic rings. The van der Waals surface area contributed by atoms with Crippen molar-refractivity contribution in [3.05, 3.63) is 76.3 Å². The molecule has 0 aliphatic carbocycles. The molecule has 0 spiro atoms. The van der Waals surface area contributed by atoms with Gasteiger partial charge in [-0.05, 0) is 53.4 Å². The Balaban J connectivity index is 1.37. The number of nitrogens with zero attached hydrogens (tertiary/aromatic N) is 2. The molecule has 1 heterocycles. The van der Waals surface area contributed by atoms with Gasteiger partial charge in [0, 0.05) is 44.9 Å². The maximum atomic E-state index is 12.7. The molecule has 1 aliphatic rings. The molecule has 3 N–H and O–H groups in total. The molecule has 11 nitrogen and oxygen atoms in total. The second kappa shape index (κ2) is 12.3. The number of aliphatic carboxylic acids is 1. The van der Waals surface area contributed by atoms with E-state index < -0.39 is 27.0 Å². The van der Waals surface area contributed by atoms with Crippen LogP contribution in [0.15, 0.2) is 65.6 Å². The first-order valence-corrected chi connectivity index (χ1v) is 13.8. The third-order valence-corrected chi connectivity index (χ3v) is 7.85. The van der Waals surface area contributed by atoms with Crippen LogP contribution in [0.4, 0.5) is 5.69 Å². The summed E-state index contributed by atoms with van der Waals surface area (Å²) in [7, 11) is -4.21. The molecular formula is C26H30N4O7S. The molecule has 0 aromatic heterocycles. The number of carbonyl (C=O) groups is 1. The topological polar surface area (TPSA) is 151 Å². The number of sulfonamides is 1. The molecule has 1 saturated heterocycles. The van der Waals surface area contributed by atoms with Gasteiger partial charge in [-0.25, -0.2) is 8.42 Å². The fraction of sp³-hybridized carbons (Fsp3) is 0.346. The van der Waals surface area contributed by atoms with Crippen LogP contribution in [-0.2, 0) is 21.2 Å². The lowest BCUT2D eigenvalue weighted by Crippen LogP contribution is -2.43. The molecule has 12 heteroatoms. The Kier molecular flexibility index (Phi) is 8.89. The summed E-state index contributed by atoms with van der Waals surface area (Å²) < 4.78 is 33.5. The highest BCUT2D eigenvalue weighted by Crippen LogP contribution is 2.23. The lowest BCUT2D eigenvalue weighted by Gasteiger charge is -2.26. The minimum atomic E-state index is -4.21. The smallest absolute Gasteiger partial charge is 0.322 e. The van der Waals surface area contributed by atoms with Crippen LogP contribution in [0.5, 0.6) is 5.75 Å². The molecule has 1 unspecified atom stereocenters. The Morgan fingerprint density at radius 1 is 1.08 bits per heavy atom. The van der Waals surface area contributed by atoms with E-state index in [2.05, 4.69) is 14.9 Å². The number of nitro groups is 1. The predicted octanol–water partition coefficient (Wildman–Crippen LogP) is 2.40. The minimum Gasteiger partial charge on any atom is -0.494 e. The van der Waals surface area contributed by atoms with E-state index >= 15 is 0 Å². The van der Waals surface area contributed by atoms with Crippen molar-refractivity contribution >= 4 is 32.5 Å². The van der Waals surface area contributed by atoms with Gasteiger partial charge < -0.3 is 20.1 Å². The zero-order valence-electron chi connectivity index (χ0n) is 20.7. The number of piperazine rings is 1. The van der Waals surface area contributed by atoms with Gasteiger partial charge >= 0.3 is 5.97 Å². The number of carboxylic acids is 1. The number of ether oxygens (including phenoxy) is 1. The Labute approximate surface area is 220 Å². The van der Waals surface area contributed by atoms with Gasteiger partial charge in [0.2, 0.25) is 10.0 Å². The van der Waals surface area contributed by atoms with E-state index in [9.17, 15) is 28.4 Å². The highest BCUT2D eigenvalue weighted by Gasteiger charge is 2.26. The van der Waals surface area contributed by atoms with E-state index in [1.165, 1.54) is 0 Å². The van der Waals surface area contributed by atoms with E-state index in [1.807, 2.05) is 30.3 Å². The number of carboxylic acid groups (broad SMARTS) is 1. The lowest BCUT2D eigenvalue weighted by atomic mass is 10.0. The minimum absolute atomic E-state index is 0.0816. The number of nitrogens with one attached hydrogen (secondary N) is 2. The van der Waals surface area contributed by atoms with Crippen molar-refractivity contribution < 1.29 is 28.0 Å². The molecule has 0 bridgehead atoms. The standard InChI is InChI=1S/C26H30N4O7S/c31-26(32)25(28-38(35,36)24-8-5-22(6-9-24)30(33)34)17-19-2-3-21-18-23(7-4-20(21)16-19)37-15-1-12-29-13-10-27-11-14-29/h2-9,16,18,25,27-28H,1,10-15,17H2,(H,31,32). The summed E-state index contributed by atoms with van der Waals surface area (Å²) in [5.74, 6) is -0.579. The largest absolute Gasteiger partial charge is 0.494 e. The van der Waals surface area contributed by atoms with Crippen LogP contribution >= 0.6 is 0 Å². The van der Waals surface area contributed by atoms with Gasteiger partial charge in [-0.1, -0.05) is 24.3 Å². The zero-order chi connectivity index (χ0) is 27.1. The van der Waals surface area contributed by atoms with Crippen molar-refractivity contribution in [2.45, 2.75) is 23.8 Å². The van der Waals surface area contributed by atoms with Gasteiger partial charge in [-0.15, -0.1) is 0 Å². The van der Waals surface area contributed by atoms with Crippen LogP contribution in [0.25, 0.3) is 10.8 Å². The number of benzene rings is 3. The molecule has 38 heavy (non-hydrogen) atoms. The Morgan fingerprint density at radius 3 is 2.45 bits per heavy atom. The molecule has 202 valence electrons. The number of hydrogen-bond acceptors (Lipinski definition) is 8. The SMILES string of the molecule is O=C(O)C(Cc1ccc2cc(OCCCN3CCNCC3)ccc2c1)NS(=O)(=O)c1ccc([N+](=O)[O-])cc1. The summed E-state index contributed by atoms with van der Waals surface area (Å²) in [6, 6.07) is 13.9. The van der Waals surface area contributed by atoms with Crippen LogP contribution in [-0.4, -0.2) is 74.7 Å². The van der Waals surface area contributed by atoms with Crippen molar-refractivity contribution in [1.29, 1.82) is 0 Å². The average Bonchev–Trinajstić information content (AvgIpc) is 2.91. The second-order valence-corrected chi connectivity index (χ2v) is 10.8. The Hall–Kier alpha value is -3.58. The number of hydrogen-bond donors (Lipinski definition) is 3. The predicted molar refractivity (Wildman–Crippen MR) is 142 cm³/mol. The maximum absolute atomic E-state index is 12.7. The number of rotatable bonds is 12. The second-order valence-electron chi connectivity index (χ2n) is 9.10. The molecule has 0 radical (unpaired) electrons. The van der Waals surface area contributed by atoms with Crippen LogP contribution in [0.2, 0.25) is 0 Å². The van der Waals surface area contributed by atoms with E-state index in [0.29, 0.717) is 12.2 Å². The highest BCUT2D eigenvalue weighted by atomic mass is 32.2. The van der Waals surface area contributed by atoms with Crippen molar-refractivity contribution in [2.75, 3.05) is 39.3 Å². The molecule has 1 fully saturated rings. The van der Waals surface area contributed by atoms with Crippen LogP contribution in [0.3, 0.4) is 0 Å². The summed E-state index contributed by atoms with van der Waals surface area (Å²) in [6.07, 6.45) is 0.852. The zero-order valence-corrected chi connectivity index (χ0v) is 21.5. The van der Waals surface area contributed by atoms with Crippen LogP contribution in [0.1, 0.15) is 12.0 Å². The van der Waals surface area contributed by atoms with Gasteiger partial charge in [0.25, 0.3) is 5.69 Å². The summed E-state index contributed by atoms with van der Waals surface area (Å²) in [5.41, 5.74) is 0.375.